The van der Waals surface area contributed by atoms with E-state index in [9.17, 15) is 5.26 Å². The summed E-state index contributed by atoms with van der Waals surface area (Å²) in [7, 11) is 0. The Morgan fingerprint density at radius 3 is 2.38 bits per heavy atom. The zero-order chi connectivity index (χ0) is 18.7. The molecule has 0 amide bonds. The molecule has 1 aromatic heterocycles. The molecule has 130 valence electrons. The van der Waals surface area contributed by atoms with Crippen LogP contribution in [0.4, 0.5) is 5.82 Å². The van der Waals surface area contributed by atoms with Crippen molar-refractivity contribution in [1.29, 1.82) is 5.26 Å². The summed E-state index contributed by atoms with van der Waals surface area (Å²) in [6.45, 7) is 6.27. The van der Waals surface area contributed by atoms with Gasteiger partial charge in [0.05, 0.1) is 5.69 Å². The van der Waals surface area contributed by atoms with E-state index in [0.29, 0.717) is 5.56 Å². The molecular formula is C23H23N3. The van der Waals surface area contributed by atoms with Crippen molar-refractivity contribution >= 4 is 5.82 Å². The number of hydrogen-bond donors (Lipinski definition) is 1. The van der Waals surface area contributed by atoms with Gasteiger partial charge in [-0.05, 0) is 43.0 Å². The lowest BCUT2D eigenvalue weighted by Crippen LogP contribution is -2.00. The number of pyridine rings is 1. The van der Waals surface area contributed by atoms with Crippen LogP contribution in [0.1, 0.15) is 35.6 Å². The van der Waals surface area contributed by atoms with Crippen molar-refractivity contribution in [2.45, 2.75) is 33.6 Å². The van der Waals surface area contributed by atoms with E-state index in [1.165, 1.54) is 5.56 Å². The van der Waals surface area contributed by atoms with Crippen LogP contribution in [0.25, 0.3) is 22.4 Å². The van der Waals surface area contributed by atoms with Crippen molar-refractivity contribution in [2.75, 3.05) is 5.73 Å². The van der Waals surface area contributed by atoms with Gasteiger partial charge in [0.2, 0.25) is 0 Å². The number of nitriles is 1. The summed E-state index contributed by atoms with van der Waals surface area (Å²) in [4.78, 5) is 4.48. The summed E-state index contributed by atoms with van der Waals surface area (Å²) in [5, 5.41) is 9.61. The highest BCUT2D eigenvalue weighted by Crippen LogP contribution is 2.33. The Morgan fingerprint density at radius 2 is 1.73 bits per heavy atom. The lowest BCUT2D eigenvalue weighted by atomic mass is 9.93. The number of benzene rings is 2. The summed E-state index contributed by atoms with van der Waals surface area (Å²) in [5.74, 6) is 0.276. The van der Waals surface area contributed by atoms with Crippen molar-refractivity contribution < 1.29 is 0 Å². The fourth-order valence-corrected chi connectivity index (χ4v) is 3.20. The molecule has 0 aliphatic heterocycles. The van der Waals surface area contributed by atoms with E-state index in [0.717, 1.165) is 46.4 Å². The van der Waals surface area contributed by atoms with Gasteiger partial charge in [-0.15, -0.1) is 0 Å². The Balaban J connectivity index is 2.16. The number of hydrogen-bond acceptors (Lipinski definition) is 3. The fraction of sp³-hybridized carbons (Fsp3) is 0.217. The van der Waals surface area contributed by atoms with Crippen molar-refractivity contribution in [3.8, 4) is 28.5 Å². The molecule has 3 heteroatoms. The van der Waals surface area contributed by atoms with E-state index < -0.39 is 0 Å². The zero-order valence-electron chi connectivity index (χ0n) is 15.5. The molecule has 2 aromatic carbocycles. The number of anilines is 1. The number of nitrogen functional groups attached to an aromatic ring is 1. The van der Waals surface area contributed by atoms with E-state index in [1.807, 2.05) is 19.9 Å². The molecule has 0 spiro atoms. The molecule has 0 saturated carbocycles. The van der Waals surface area contributed by atoms with Crippen LogP contribution >= 0.6 is 0 Å². The Hall–Kier alpha value is -3.12. The van der Waals surface area contributed by atoms with Gasteiger partial charge in [0, 0.05) is 11.1 Å². The minimum absolute atomic E-state index is 0.276. The first-order valence-corrected chi connectivity index (χ1v) is 8.91. The Morgan fingerprint density at radius 1 is 1.00 bits per heavy atom. The molecule has 3 nitrogen and oxygen atoms in total. The average Bonchev–Trinajstić information content (AvgIpc) is 2.64. The van der Waals surface area contributed by atoms with Gasteiger partial charge in [0.15, 0.2) is 0 Å². The van der Waals surface area contributed by atoms with Gasteiger partial charge in [-0.1, -0.05) is 61.4 Å². The van der Waals surface area contributed by atoms with E-state index in [2.05, 4.69) is 60.4 Å². The van der Waals surface area contributed by atoms with Gasteiger partial charge in [0.25, 0.3) is 0 Å². The SMILES string of the molecule is CCCc1ccc(-c2cc(-c3cc(C)ccc3C)c(C#N)c(N)n2)cc1. The summed E-state index contributed by atoms with van der Waals surface area (Å²) in [5.41, 5.74) is 13.8. The number of aryl methyl sites for hydroxylation is 3. The Kier molecular flexibility index (Phi) is 5.04. The predicted molar refractivity (Wildman–Crippen MR) is 108 cm³/mol. The molecule has 3 rings (SSSR count). The number of rotatable bonds is 4. The second kappa shape index (κ2) is 7.41. The molecule has 0 aliphatic rings. The number of nitrogens with two attached hydrogens (primary N) is 1. The number of nitrogens with zero attached hydrogens (tertiary/aromatic N) is 2. The van der Waals surface area contributed by atoms with Crippen LogP contribution in [0.5, 0.6) is 0 Å². The van der Waals surface area contributed by atoms with Gasteiger partial charge >= 0.3 is 0 Å². The van der Waals surface area contributed by atoms with Crippen molar-refractivity contribution in [3.63, 3.8) is 0 Å². The van der Waals surface area contributed by atoms with Crippen LogP contribution in [-0.4, -0.2) is 4.98 Å². The summed E-state index contributed by atoms with van der Waals surface area (Å²) in [6, 6.07) is 18.9. The van der Waals surface area contributed by atoms with Crippen LogP contribution in [0, 0.1) is 25.2 Å². The second-order valence-corrected chi connectivity index (χ2v) is 6.69. The maximum atomic E-state index is 9.61. The fourth-order valence-electron chi connectivity index (χ4n) is 3.20. The van der Waals surface area contributed by atoms with Crippen LogP contribution in [-0.2, 0) is 6.42 Å². The van der Waals surface area contributed by atoms with Gasteiger partial charge in [0.1, 0.15) is 17.5 Å². The van der Waals surface area contributed by atoms with Gasteiger partial charge in [-0.2, -0.15) is 5.26 Å². The van der Waals surface area contributed by atoms with Gasteiger partial charge < -0.3 is 5.73 Å². The van der Waals surface area contributed by atoms with Crippen LogP contribution in [0.15, 0.2) is 48.5 Å². The third-order valence-corrected chi connectivity index (χ3v) is 4.63. The molecule has 0 aliphatic carbocycles. The van der Waals surface area contributed by atoms with Crippen LogP contribution < -0.4 is 5.73 Å². The highest BCUT2D eigenvalue weighted by Gasteiger charge is 2.15. The topological polar surface area (TPSA) is 62.7 Å². The number of aromatic nitrogens is 1. The molecule has 0 saturated heterocycles. The monoisotopic (exact) mass is 341 g/mol. The van der Waals surface area contributed by atoms with E-state index in [-0.39, 0.29) is 5.82 Å². The first-order valence-electron chi connectivity index (χ1n) is 8.91. The Labute approximate surface area is 155 Å². The zero-order valence-corrected chi connectivity index (χ0v) is 15.5. The third-order valence-electron chi connectivity index (χ3n) is 4.63. The highest BCUT2D eigenvalue weighted by molar-refractivity contribution is 5.81. The molecule has 0 atom stereocenters. The van der Waals surface area contributed by atoms with Crippen LogP contribution in [0.2, 0.25) is 0 Å². The van der Waals surface area contributed by atoms with Gasteiger partial charge in [-0.25, -0.2) is 4.98 Å². The van der Waals surface area contributed by atoms with E-state index in [1.54, 1.807) is 0 Å². The third kappa shape index (κ3) is 3.45. The van der Waals surface area contributed by atoms with E-state index in [4.69, 9.17) is 5.73 Å². The van der Waals surface area contributed by atoms with Gasteiger partial charge in [-0.3, -0.25) is 0 Å². The minimum Gasteiger partial charge on any atom is -0.383 e. The lowest BCUT2D eigenvalue weighted by Gasteiger charge is -2.13. The first-order chi connectivity index (χ1) is 12.5. The molecule has 3 aromatic rings. The van der Waals surface area contributed by atoms with Crippen molar-refractivity contribution in [2.24, 2.45) is 0 Å². The predicted octanol–water partition coefficient (Wildman–Crippen LogP) is 5.44. The molecule has 26 heavy (non-hydrogen) atoms. The van der Waals surface area contributed by atoms with Crippen LogP contribution in [0.3, 0.4) is 0 Å². The summed E-state index contributed by atoms with van der Waals surface area (Å²) in [6.07, 6.45) is 2.19. The molecule has 0 fully saturated rings. The summed E-state index contributed by atoms with van der Waals surface area (Å²) >= 11 is 0. The largest absolute Gasteiger partial charge is 0.383 e. The first kappa shape index (κ1) is 17.7. The minimum atomic E-state index is 0.276. The summed E-state index contributed by atoms with van der Waals surface area (Å²) < 4.78 is 0. The van der Waals surface area contributed by atoms with E-state index >= 15 is 0 Å². The molecule has 0 bridgehead atoms. The smallest absolute Gasteiger partial charge is 0.142 e. The quantitative estimate of drug-likeness (QED) is 0.687. The van der Waals surface area contributed by atoms with Crippen molar-refractivity contribution in [1.82, 2.24) is 4.98 Å². The second-order valence-electron chi connectivity index (χ2n) is 6.69. The molecule has 2 N–H and O–H groups in total. The molecule has 1 heterocycles. The Bertz CT molecular complexity index is 980. The molecule has 0 unspecified atom stereocenters. The standard InChI is InChI=1S/C23H23N3/c1-4-5-17-8-10-18(11-9-17)22-13-20(21(14-24)23(25)26-22)19-12-15(2)6-7-16(19)3/h6-13H,4-5H2,1-3H3,(H2,25,26). The lowest BCUT2D eigenvalue weighted by molar-refractivity contribution is 0.922. The highest BCUT2D eigenvalue weighted by atomic mass is 14.8. The van der Waals surface area contributed by atoms with Crippen molar-refractivity contribution in [3.05, 3.63) is 70.8 Å². The average molecular weight is 341 g/mol. The maximum Gasteiger partial charge on any atom is 0.142 e. The molecular weight excluding hydrogens is 318 g/mol. The molecule has 0 radical (unpaired) electrons. The maximum absolute atomic E-state index is 9.61. The normalized spacial score (nSPS) is 10.5.